The van der Waals surface area contributed by atoms with Crippen LogP contribution in [-0.4, -0.2) is 23.4 Å². The van der Waals surface area contributed by atoms with Crippen molar-refractivity contribution in [2.75, 3.05) is 6.54 Å². The molecule has 0 saturated heterocycles. The fourth-order valence-electron chi connectivity index (χ4n) is 2.01. The molecular weight excluding hydrogens is 224 g/mol. The van der Waals surface area contributed by atoms with Crippen LogP contribution in [0.25, 0.3) is 0 Å². The van der Waals surface area contributed by atoms with E-state index in [1.54, 1.807) is 4.90 Å². The van der Waals surface area contributed by atoms with Gasteiger partial charge in [0.25, 0.3) is 0 Å². The largest absolute Gasteiger partial charge is 0.339 e. The van der Waals surface area contributed by atoms with Crippen LogP contribution in [0.15, 0.2) is 30.3 Å². The molecule has 0 radical (unpaired) electrons. The number of carbonyl (C=O) groups is 1. The highest BCUT2D eigenvalue weighted by atomic mass is 16.2. The molecule has 1 aromatic carbocycles. The summed E-state index contributed by atoms with van der Waals surface area (Å²) in [5, 5.41) is 9.19. The normalized spacial score (nSPS) is 11.9. The molecule has 0 aliphatic carbocycles. The molecule has 0 aliphatic rings. The van der Waals surface area contributed by atoms with Crippen molar-refractivity contribution in [1.82, 2.24) is 4.90 Å². The fraction of sp³-hybridized carbons (Fsp3) is 0.467. The van der Waals surface area contributed by atoms with Crippen LogP contribution in [0.2, 0.25) is 0 Å². The second-order valence-corrected chi connectivity index (χ2v) is 4.59. The maximum atomic E-state index is 12.3. The fourth-order valence-corrected chi connectivity index (χ4v) is 2.01. The minimum absolute atomic E-state index is 0.0705. The van der Waals surface area contributed by atoms with Crippen molar-refractivity contribution in [2.24, 2.45) is 5.92 Å². The number of benzene rings is 1. The minimum atomic E-state index is -0.588. The minimum Gasteiger partial charge on any atom is -0.339 e. The summed E-state index contributed by atoms with van der Waals surface area (Å²) < 4.78 is 0. The monoisotopic (exact) mass is 244 g/mol. The number of hydrogen-bond donors (Lipinski definition) is 0. The van der Waals surface area contributed by atoms with Crippen molar-refractivity contribution in [1.29, 1.82) is 5.26 Å². The Hall–Kier alpha value is -1.82. The first-order chi connectivity index (χ1) is 8.60. The Labute approximate surface area is 109 Å². The summed E-state index contributed by atoms with van der Waals surface area (Å²) in [5.74, 6) is -0.659. The smallest absolute Gasteiger partial charge is 0.240 e. The predicted octanol–water partition coefficient (Wildman–Crippen LogP) is 2.63. The summed E-state index contributed by atoms with van der Waals surface area (Å²) in [7, 11) is 0. The zero-order chi connectivity index (χ0) is 13.5. The topological polar surface area (TPSA) is 44.1 Å². The Balaban J connectivity index is 2.78. The van der Waals surface area contributed by atoms with Gasteiger partial charge in [-0.05, 0) is 32.8 Å². The average molecular weight is 244 g/mol. The van der Waals surface area contributed by atoms with Gasteiger partial charge in [-0.25, -0.2) is 0 Å². The lowest BCUT2D eigenvalue weighted by molar-refractivity contribution is -0.135. The third-order valence-corrected chi connectivity index (χ3v) is 2.98. The highest BCUT2D eigenvalue weighted by Crippen LogP contribution is 2.13. The zero-order valence-corrected chi connectivity index (χ0v) is 11.3. The molecule has 0 aromatic heterocycles. The van der Waals surface area contributed by atoms with E-state index < -0.39 is 5.92 Å². The molecule has 0 heterocycles. The van der Waals surface area contributed by atoms with E-state index in [1.807, 2.05) is 51.1 Å². The molecule has 3 heteroatoms. The number of nitrogens with zero attached hydrogens (tertiary/aromatic N) is 2. The van der Waals surface area contributed by atoms with Crippen LogP contribution < -0.4 is 0 Å². The van der Waals surface area contributed by atoms with Crippen molar-refractivity contribution in [3.8, 4) is 6.07 Å². The molecular formula is C15H20N2O. The summed E-state index contributed by atoms with van der Waals surface area (Å²) in [6.45, 7) is 6.52. The first-order valence-electron chi connectivity index (χ1n) is 6.34. The van der Waals surface area contributed by atoms with Crippen LogP contribution >= 0.6 is 0 Å². The van der Waals surface area contributed by atoms with Crippen LogP contribution in [-0.2, 0) is 11.2 Å². The van der Waals surface area contributed by atoms with E-state index in [-0.39, 0.29) is 11.9 Å². The van der Waals surface area contributed by atoms with E-state index in [2.05, 4.69) is 6.07 Å². The van der Waals surface area contributed by atoms with Gasteiger partial charge in [0.1, 0.15) is 5.92 Å². The first-order valence-corrected chi connectivity index (χ1v) is 6.34. The van der Waals surface area contributed by atoms with Gasteiger partial charge in [-0.2, -0.15) is 5.26 Å². The summed E-state index contributed by atoms with van der Waals surface area (Å²) in [6.07, 6.45) is 0.486. The summed E-state index contributed by atoms with van der Waals surface area (Å²) in [5.41, 5.74) is 1.03. The molecule has 0 aliphatic heterocycles. The first kappa shape index (κ1) is 14.2. The second kappa shape index (κ2) is 6.80. The molecule has 1 aromatic rings. The summed E-state index contributed by atoms with van der Waals surface area (Å²) >= 11 is 0. The number of carbonyl (C=O) groups excluding carboxylic acids is 1. The van der Waals surface area contributed by atoms with E-state index in [0.717, 1.165) is 5.56 Å². The summed E-state index contributed by atoms with van der Waals surface area (Å²) in [6, 6.07) is 11.9. The third kappa shape index (κ3) is 3.59. The summed E-state index contributed by atoms with van der Waals surface area (Å²) in [4.78, 5) is 14.0. The highest BCUT2D eigenvalue weighted by Gasteiger charge is 2.25. The standard InChI is InChI=1S/C15H20N2O/c1-4-17(12(2)3)15(18)14(11-16)10-13-8-6-5-7-9-13/h5-9,12,14H,4,10H2,1-3H3. The van der Waals surface area contributed by atoms with Crippen LogP contribution in [0, 0.1) is 17.2 Å². The number of rotatable bonds is 5. The Kier molecular flexibility index (Phi) is 5.38. The number of nitriles is 1. The Morgan fingerprint density at radius 2 is 1.94 bits per heavy atom. The van der Waals surface area contributed by atoms with Gasteiger partial charge >= 0.3 is 0 Å². The molecule has 0 spiro atoms. The molecule has 18 heavy (non-hydrogen) atoms. The Morgan fingerprint density at radius 1 is 1.33 bits per heavy atom. The molecule has 0 saturated carbocycles. The van der Waals surface area contributed by atoms with Gasteiger partial charge in [-0.3, -0.25) is 4.79 Å². The molecule has 96 valence electrons. The maximum Gasteiger partial charge on any atom is 0.240 e. The highest BCUT2D eigenvalue weighted by molar-refractivity contribution is 5.81. The Bertz CT molecular complexity index is 420. The van der Waals surface area contributed by atoms with E-state index in [1.165, 1.54) is 0 Å². The predicted molar refractivity (Wildman–Crippen MR) is 71.8 cm³/mol. The lowest BCUT2D eigenvalue weighted by Gasteiger charge is -2.27. The van der Waals surface area contributed by atoms with Gasteiger partial charge in [-0.15, -0.1) is 0 Å². The van der Waals surface area contributed by atoms with Crippen LogP contribution in [0.3, 0.4) is 0 Å². The average Bonchev–Trinajstić information content (AvgIpc) is 2.37. The van der Waals surface area contributed by atoms with Crippen molar-refractivity contribution in [2.45, 2.75) is 33.2 Å². The molecule has 3 nitrogen and oxygen atoms in total. The van der Waals surface area contributed by atoms with Crippen LogP contribution in [0.1, 0.15) is 26.3 Å². The quantitative estimate of drug-likeness (QED) is 0.799. The third-order valence-electron chi connectivity index (χ3n) is 2.98. The lowest BCUT2D eigenvalue weighted by atomic mass is 9.99. The molecule has 1 amide bonds. The van der Waals surface area contributed by atoms with Crippen LogP contribution in [0.5, 0.6) is 0 Å². The molecule has 0 bridgehead atoms. The van der Waals surface area contributed by atoms with Crippen LogP contribution in [0.4, 0.5) is 0 Å². The van der Waals surface area contributed by atoms with Crippen molar-refractivity contribution < 1.29 is 4.79 Å². The zero-order valence-electron chi connectivity index (χ0n) is 11.3. The maximum absolute atomic E-state index is 12.3. The van der Waals surface area contributed by atoms with Crippen molar-refractivity contribution in [3.05, 3.63) is 35.9 Å². The van der Waals surface area contributed by atoms with E-state index >= 15 is 0 Å². The molecule has 1 rings (SSSR count). The van der Waals surface area contributed by atoms with Crippen molar-refractivity contribution >= 4 is 5.91 Å². The molecule has 1 unspecified atom stereocenters. The molecule has 0 N–H and O–H groups in total. The number of amides is 1. The van der Waals surface area contributed by atoms with Gasteiger partial charge in [0, 0.05) is 12.6 Å². The Morgan fingerprint density at radius 3 is 2.39 bits per heavy atom. The second-order valence-electron chi connectivity index (χ2n) is 4.59. The lowest BCUT2D eigenvalue weighted by Crippen LogP contribution is -2.41. The van der Waals surface area contributed by atoms with Gasteiger partial charge < -0.3 is 4.90 Å². The van der Waals surface area contributed by atoms with E-state index in [0.29, 0.717) is 13.0 Å². The van der Waals surface area contributed by atoms with E-state index in [4.69, 9.17) is 0 Å². The van der Waals surface area contributed by atoms with Gasteiger partial charge in [0.15, 0.2) is 0 Å². The molecule has 1 atom stereocenters. The number of hydrogen-bond acceptors (Lipinski definition) is 2. The van der Waals surface area contributed by atoms with Gasteiger partial charge in [-0.1, -0.05) is 30.3 Å². The van der Waals surface area contributed by atoms with Gasteiger partial charge in [0.05, 0.1) is 6.07 Å². The molecule has 0 fully saturated rings. The van der Waals surface area contributed by atoms with Crippen molar-refractivity contribution in [3.63, 3.8) is 0 Å². The van der Waals surface area contributed by atoms with Gasteiger partial charge in [0.2, 0.25) is 5.91 Å². The van der Waals surface area contributed by atoms with E-state index in [9.17, 15) is 10.1 Å². The SMILES string of the molecule is CCN(C(=O)C(C#N)Cc1ccccc1)C(C)C.